The predicted molar refractivity (Wildman–Crippen MR) is 77.6 cm³/mol. The standard InChI is InChI=1S/C17H31N/c1-16(2,3)5-6-18(4)17-10-13-7-14(11-17)9-15(8-13)12-17/h13-15H,5-12H2,1-4H3. The zero-order chi connectivity index (χ0) is 13.0. The van der Waals surface area contributed by atoms with Crippen LogP contribution >= 0.6 is 0 Å². The first kappa shape index (κ1) is 13.0. The summed E-state index contributed by atoms with van der Waals surface area (Å²) in [7, 11) is 2.42. The average molecular weight is 249 g/mol. The van der Waals surface area contributed by atoms with Crippen molar-refractivity contribution in [1.29, 1.82) is 0 Å². The second kappa shape index (κ2) is 4.23. The van der Waals surface area contributed by atoms with Crippen LogP contribution in [0, 0.1) is 23.2 Å². The van der Waals surface area contributed by atoms with E-state index in [0.29, 0.717) is 11.0 Å². The monoisotopic (exact) mass is 249 g/mol. The van der Waals surface area contributed by atoms with Gasteiger partial charge >= 0.3 is 0 Å². The molecule has 0 aromatic rings. The van der Waals surface area contributed by atoms with Crippen LogP contribution in [0.1, 0.15) is 65.7 Å². The molecular formula is C17H31N. The maximum atomic E-state index is 2.77. The molecule has 0 unspecified atom stereocenters. The van der Waals surface area contributed by atoms with Crippen molar-refractivity contribution in [2.24, 2.45) is 23.2 Å². The number of hydrogen-bond acceptors (Lipinski definition) is 1. The second-order valence-corrected chi connectivity index (χ2v) is 8.87. The van der Waals surface area contributed by atoms with E-state index >= 15 is 0 Å². The molecule has 0 aromatic heterocycles. The summed E-state index contributed by atoms with van der Waals surface area (Å²) in [6, 6.07) is 0. The molecule has 1 heteroatoms. The molecule has 104 valence electrons. The van der Waals surface area contributed by atoms with Crippen LogP contribution in [-0.2, 0) is 0 Å². The maximum absolute atomic E-state index is 2.77. The average Bonchev–Trinajstić information content (AvgIpc) is 2.22. The Kier molecular flexibility index (Phi) is 3.05. The van der Waals surface area contributed by atoms with Crippen molar-refractivity contribution in [3.63, 3.8) is 0 Å². The predicted octanol–water partition coefficient (Wildman–Crippen LogP) is 4.32. The lowest BCUT2D eigenvalue weighted by atomic mass is 9.52. The molecular weight excluding hydrogens is 218 g/mol. The van der Waals surface area contributed by atoms with Crippen LogP contribution in [0.4, 0.5) is 0 Å². The normalized spacial score (nSPS) is 42.8. The first-order valence-electron chi connectivity index (χ1n) is 8.08. The van der Waals surface area contributed by atoms with Gasteiger partial charge in [-0.3, -0.25) is 0 Å². The molecule has 0 amide bonds. The van der Waals surface area contributed by atoms with Gasteiger partial charge in [-0.1, -0.05) is 20.8 Å². The minimum Gasteiger partial charge on any atom is -0.301 e. The quantitative estimate of drug-likeness (QED) is 0.720. The third-order valence-electron chi connectivity index (χ3n) is 6.01. The Hall–Kier alpha value is -0.0400. The molecule has 4 aliphatic rings. The molecule has 0 saturated heterocycles. The first-order valence-corrected chi connectivity index (χ1v) is 8.08. The molecule has 1 nitrogen and oxygen atoms in total. The second-order valence-electron chi connectivity index (χ2n) is 8.87. The molecule has 4 fully saturated rings. The van der Waals surface area contributed by atoms with Crippen molar-refractivity contribution in [2.75, 3.05) is 13.6 Å². The van der Waals surface area contributed by atoms with Crippen LogP contribution in [0.2, 0.25) is 0 Å². The number of nitrogens with zero attached hydrogens (tertiary/aromatic N) is 1. The summed E-state index contributed by atoms with van der Waals surface area (Å²) < 4.78 is 0. The fraction of sp³-hybridized carbons (Fsp3) is 1.00. The van der Waals surface area contributed by atoms with Gasteiger partial charge in [-0.05, 0) is 81.7 Å². The molecule has 4 bridgehead atoms. The minimum absolute atomic E-state index is 0.483. The van der Waals surface area contributed by atoms with Crippen LogP contribution in [0.5, 0.6) is 0 Å². The SMILES string of the molecule is CN(CCC(C)(C)C)C12CC3CC(CC(C3)C1)C2. The Morgan fingerprint density at radius 2 is 1.39 bits per heavy atom. The van der Waals surface area contributed by atoms with Gasteiger partial charge in [-0.15, -0.1) is 0 Å². The summed E-state index contributed by atoms with van der Waals surface area (Å²) >= 11 is 0. The maximum Gasteiger partial charge on any atom is 0.0214 e. The molecule has 4 rings (SSSR count). The van der Waals surface area contributed by atoms with Gasteiger partial charge in [0.2, 0.25) is 0 Å². The van der Waals surface area contributed by atoms with Gasteiger partial charge in [0.15, 0.2) is 0 Å². The summed E-state index contributed by atoms with van der Waals surface area (Å²) in [5.74, 6) is 3.23. The van der Waals surface area contributed by atoms with Gasteiger partial charge in [-0.25, -0.2) is 0 Å². The summed E-state index contributed by atoms with van der Waals surface area (Å²) in [5.41, 5.74) is 1.09. The zero-order valence-corrected chi connectivity index (χ0v) is 12.8. The van der Waals surface area contributed by atoms with E-state index in [0.717, 1.165) is 17.8 Å². The van der Waals surface area contributed by atoms with E-state index < -0.39 is 0 Å². The van der Waals surface area contributed by atoms with Crippen LogP contribution in [0.25, 0.3) is 0 Å². The van der Waals surface area contributed by atoms with Gasteiger partial charge in [0.05, 0.1) is 0 Å². The van der Waals surface area contributed by atoms with Crippen LogP contribution in [0.3, 0.4) is 0 Å². The Balaban J connectivity index is 1.67. The van der Waals surface area contributed by atoms with Crippen molar-refractivity contribution < 1.29 is 0 Å². The highest BCUT2D eigenvalue weighted by Gasteiger charge is 2.52. The van der Waals surface area contributed by atoms with Crippen LogP contribution in [0.15, 0.2) is 0 Å². The van der Waals surface area contributed by atoms with Gasteiger partial charge in [0, 0.05) is 5.54 Å². The summed E-state index contributed by atoms with van der Waals surface area (Å²) in [4.78, 5) is 2.77. The van der Waals surface area contributed by atoms with Crippen molar-refractivity contribution in [1.82, 2.24) is 4.90 Å². The van der Waals surface area contributed by atoms with Crippen LogP contribution < -0.4 is 0 Å². The Morgan fingerprint density at radius 3 is 1.78 bits per heavy atom. The number of rotatable bonds is 3. The molecule has 0 heterocycles. The Labute approximate surface area is 113 Å². The Morgan fingerprint density at radius 1 is 0.944 bits per heavy atom. The lowest BCUT2D eigenvalue weighted by molar-refractivity contribution is -0.0810. The van der Waals surface area contributed by atoms with Crippen LogP contribution in [-0.4, -0.2) is 24.0 Å². The third kappa shape index (κ3) is 2.35. The minimum atomic E-state index is 0.483. The van der Waals surface area contributed by atoms with E-state index in [9.17, 15) is 0 Å². The van der Waals surface area contributed by atoms with Crippen molar-refractivity contribution in [3.8, 4) is 0 Å². The topological polar surface area (TPSA) is 3.24 Å². The molecule has 4 saturated carbocycles. The van der Waals surface area contributed by atoms with E-state index in [1.54, 1.807) is 19.3 Å². The summed E-state index contributed by atoms with van der Waals surface area (Å²) in [5, 5.41) is 0. The van der Waals surface area contributed by atoms with E-state index in [2.05, 4.69) is 32.7 Å². The van der Waals surface area contributed by atoms with Crippen molar-refractivity contribution >= 4 is 0 Å². The molecule has 0 atom stereocenters. The molecule has 18 heavy (non-hydrogen) atoms. The van der Waals surface area contributed by atoms with E-state index in [1.165, 1.54) is 32.2 Å². The summed E-state index contributed by atoms with van der Waals surface area (Å²) in [6.45, 7) is 8.43. The van der Waals surface area contributed by atoms with Crippen molar-refractivity contribution in [3.05, 3.63) is 0 Å². The fourth-order valence-corrected chi connectivity index (χ4v) is 5.27. The third-order valence-corrected chi connectivity index (χ3v) is 6.01. The van der Waals surface area contributed by atoms with E-state index in [1.807, 2.05) is 0 Å². The molecule has 0 spiro atoms. The van der Waals surface area contributed by atoms with Gasteiger partial charge in [-0.2, -0.15) is 0 Å². The largest absolute Gasteiger partial charge is 0.301 e. The number of hydrogen-bond donors (Lipinski definition) is 0. The molecule has 0 radical (unpaired) electrons. The zero-order valence-electron chi connectivity index (χ0n) is 12.8. The van der Waals surface area contributed by atoms with E-state index in [4.69, 9.17) is 0 Å². The lowest BCUT2D eigenvalue weighted by Gasteiger charge is -2.60. The van der Waals surface area contributed by atoms with Gasteiger partial charge in [0.25, 0.3) is 0 Å². The Bertz CT molecular complexity index is 277. The lowest BCUT2D eigenvalue weighted by Crippen LogP contribution is -2.59. The van der Waals surface area contributed by atoms with E-state index in [-0.39, 0.29) is 0 Å². The van der Waals surface area contributed by atoms with Gasteiger partial charge in [0.1, 0.15) is 0 Å². The molecule has 0 N–H and O–H groups in total. The fourth-order valence-electron chi connectivity index (χ4n) is 5.27. The molecule has 0 aliphatic heterocycles. The first-order chi connectivity index (χ1) is 8.36. The highest BCUT2D eigenvalue weighted by molar-refractivity contribution is 5.06. The highest BCUT2D eigenvalue weighted by atomic mass is 15.2. The van der Waals surface area contributed by atoms with Crippen molar-refractivity contribution in [2.45, 2.75) is 71.3 Å². The van der Waals surface area contributed by atoms with Gasteiger partial charge < -0.3 is 4.90 Å². The smallest absolute Gasteiger partial charge is 0.0214 e. The molecule has 4 aliphatic carbocycles. The highest BCUT2D eigenvalue weighted by Crippen LogP contribution is 2.57. The molecule has 0 aromatic carbocycles. The summed E-state index contributed by atoms with van der Waals surface area (Å²) in [6.07, 6.45) is 10.6.